The second kappa shape index (κ2) is 7.04. The summed E-state index contributed by atoms with van der Waals surface area (Å²) in [6, 6.07) is 10.0. The highest BCUT2D eigenvalue weighted by atomic mass is 16.5. The number of ether oxygens (including phenoxy) is 1. The zero-order chi connectivity index (χ0) is 13.6. The molecule has 1 atom stereocenters. The Labute approximate surface area is 116 Å². The van der Waals surface area contributed by atoms with E-state index in [1.165, 1.54) is 19.3 Å². The Morgan fingerprint density at radius 3 is 2.68 bits per heavy atom. The van der Waals surface area contributed by atoms with Crippen LogP contribution in [0, 0.1) is 5.41 Å². The molecule has 0 aliphatic heterocycles. The van der Waals surface area contributed by atoms with Crippen LogP contribution in [0.3, 0.4) is 0 Å². The van der Waals surface area contributed by atoms with Gasteiger partial charge < -0.3 is 15.2 Å². The molecule has 0 bridgehead atoms. The summed E-state index contributed by atoms with van der Waals surface area (Å²) < 4.78 is 5.51. The van der Waals surface area contributed by atoms with Gasteiger partial charge in [-0.1, -0.05) is 43.7 Å². The number of hydrogen-bond acceptors (Lipinski definition) is 3. The first-order chi connectivity index (χ1) is 9.18. The van der Waals surface area contributed by atoms with Crippen molar-refractivity contribution in [2.24, 2.45) is 5.41 Å². The predicted octanol–water partition coefficient (Wildman–Crippen LogP) is 2.34. The molecule has 1 unspecified atom stereocenters. The molecule has 1 aromatic rings. The minimum Gasteiger partial charge on any atom is -0.389 e. The van der Waals surface area contributed by atoms with Crippen LogP contribution in [0.15, 0.2) is 30.3 Å². The molecule has 0 radical (unpaired) electrons. The van der Waals surface area contributed by atoms with E-state index in [0.717, 1.165) is 12.1 Å². The molecule has 2 rings (SSSR count). The Balaban J connectivity index is 1.53. The minimum absolute atomic E-state index is 0.388. The van der Waals surface area contributed by atoms with E-state index in [1.807, 2.05) is 30.3 Å². The van der Waals surface area contributed by atoms with Gasteiger partial charge in [0, 0.05) is 13.1 Å². The summed E-state index contributed by atoms with van der Waals surface area (Å²) in [4.78, 5) is 0. The third-order valence-corrected chi connectivity index (χ3v) is 3.91. The molecule has 0 aromatic heterocycles. The number of rotatable bonds is 8. The molecule has 1 saturated carbocycles. The summed E-state index contributed by atoms with van der Waals surface area (Å²) in [6.07, 6.45) is 3.54. The van der Waals surface area contributed by atoms with E-state index in [-0.39, 0.29) is 0 Å². The number of hydrogen-bond donors (Lipinski definition) is 2. The Bertz CT molecular complexity index is 362. The number of benzene rings is 1. The zero-order valence-electron chi connectivity index (χ0n) is 11.8. The third-order valence-electron chi connectivity index (χ3n) is 3.91. The van der Waals surface area contributed by atoms with Crippen molar-refractivity contribution in [3.8, 4) is 0 Å². The molecule has 106 valence electrons. The van der Waals surface area contributed by atoms with Crippen molar-refractivity contribution in [1.82, 2.24) is 5.32 Å². The molecule has 3 heteroatoms. The molecule has 1 aliphatic carbocycles. The van der Waals surface area contributed by atoms with E-state index < -0.39 is 6.10 Å². The second-order valence-corrected chi connectivity index (χ2v) is 5.95. The van der Waals surface area contributed by atoms with E-state index in [9.17, 15) is 5.11 Å². The van der Waals surface area contributed by atoms with E-state index in [2.05, 4.69) is 12.2 Å². The molecule has 1 aromatic carbocycles. The van der Waals surface area contributed by atoms with Crippen molar-refractivity contribution in [2.45, 2.75) is 38.9 Å². The molecule has 2 N–H and O–H groups in total. The smallest absolute Gasteiger partial charge is 0.0897 e. The first kappa shape index (κ1) is 14.5. The van der Waals surface area contributed by atoms with Crippen molar-refractivity contribution >= 4 is 0 Å². The molecule has 19 heavy (non-hydrogen) atoms. The summed E-state index contributed by atoms with van der Waals surface area (Å²) in [5.41, 5.74) is 1.61. The van der Waals surface area contributed by atoms with Gasteiger partial charge in [-0.3, -0.25) is 0 Å². The van der Waals surface area contributed by atoms with Crippen LogP contribution in [0.4, 0.5) is 0 Å². The fraction of sp³-hybridized carbons (Fsp3) is 0.625. The van der Waals surface area contributed by atoms with Gasteiger partial charge in [-0.2, -0.15) is 0 Å². The Kier molecular flexibility index (Phi) is 5.37. The van der Waals surface area contributed by atoms with Crippen molar-refractivity contribution in [1.29, 1.82) is 0 Å². The average Bonchev–Trinajstić information content (AvgIpc) is 2.38. The van der Waals surface area contributed by atoms with E-state index in [1.54, 1.807) is 0 Å². The van der Waals surface area contributed by atoms with Crippen molar-refractivity contribution in [3.05, 3.63) is 35.9 Å². The average molecular weight is 263 g/mol. The predicted molar refractivity (Wildman–Crippen MR) is 76.9 cm³/mol. The maximum Gasteiger partial charge on any atom is 0.0897 e. The van der Waals surface area contributed by atoms with Crippen LogP contribution in [0.5, 0.6) is 0 Å². The number of aliphatic hydroxyl groups excluding tert-OH is 1. The lowest BCUT2D eigenvalue weighted by Crippen LogP contribution is -2.41. The highest BCUT2D eigenvalue weighted by Crippen LogP contribution is 2.39. The summed E-state index contributed by atoms with van der Waals surface area (Å²) in [6.45, 7) is 4.88. The maximum absolute atomic E-state index is 9.83. The van der Waals surface area contributed by atoms with Crippen LogP contribution in [-0.2, 0) is 11.3 Å². The van der Waals surface area contributed by atoms with Crippen LogP contribution in [0.2, 0.25) is 0 Å². The maximum atomic E-state index is 9.83. The van der Waals surface area contributed by atoms with Gasteiger partial charge in [0.25, 0.3) is 0 Å². The van der Waals surface area contributed by atoms with Gasteiger partial charge >= 0.3 is 0 Å². The molecular formula is C16H25NO2. The molecule has 0 amide bonds. The van der Waals surface area contributed by atoms with Gasteiger partial charge in [-0.25, -0.2) is 0 Å². The van der Waals surface area contributed by atoms with Gasteiger partial charge in [0.15, 0.2) is 0 Å². The Morgan fingerprint density at radius 2 is 2.05 bits per heavy atom. The molecule has 0 spiro atoms. The second-order valence-electron chi connectivity index (χ2n) is 5.95. The Hall–Kier alpha value is -0.900. The van der Waals surface area contributed by atoms with Crippen LogP contribution >= 0.6 is 0 Å². The van der Waals surface area contributed by atoms with Gasteiger partial charge in [0.1, 0.15) is 0 Å². The van der Waals surface area contributed by atoms with Crippen LogP contribution in [-0.4, -0.2) is 30.9 Å². The highest BCUT2D eigenvalue weighted by Gasteiger charge is 2.31. The van der Waals surface area contributed by atoms with Crippen molar-refractivity contribution in [3.63, 3.8) is 0 Å². The molecule has 1 aliphatic rings. The van der Waals surface area contributed by atoms with E-state index >= 15 is 0 Å². The molecule has 0 heterocycles. The summed E-state index contributed by atoms with van der Waals surface area (Å²) in [7, 11) is 0. The normalized spacial score (nSPS) is 18.8. The Morgan fingerprint density at radius 1 is 1.32 bits per heavy atom. The molecule has 3 nitrogen and oxygen atoms in total. The molecule has 0 saturated heterocycles. The number of aliphatic hydroxyl groups is 1. The van der Waals surface area contributed by atoms with Crippen LogP contribution in [0.1, 0.15) is 31.7 Å². The summed E-state index contributed by atoms with van der Waals surface area (Å²) >= 11 is 0. The topological polar surface area (TPSA) is 41.5 Å². The van der Waals surface area contributed by atoms with Crippen molar-refractivity contribution < 1.29 is 9.84 Å². The van der Waals surface area contributed by atoms with Crippen molar-refractivity contribution in [2.75, 3.05) is 19.7 Å². The molecule has 1 fully saturated rings. The van der Waals surface area contributed by atoms with Gasteiger partial charge in [-0.05, 0) is 23.8 Å². The lowest BCUT2D eigenvalue weighted by Gasteiger charge is -2.38. The quantitative estimate of drug-likeness (QED) is 0.756. The number of nitrogens with one attached hydrogen (secondary N) is 1. The fourth-order valence-electron chi connectivity index (χ4n) is 2.44. The first-order valence-electron chi connectivity index (χ1n) is 7.18. The largest absolute Gasteiger partial charge is 0.389 e. The van der Waals surface area contributed by atoms with Gasteiger partial charge in [-0.15, -0.1) is 0 Å². The lowest BCUT2D eigenvalue weighted by atomic mass is 9.70. The monoisotopic (exact) mass is 263 g/mol. The van der Waals surface area contributed by atoms with Gasteiger partial charge in [0.05, 0.1) is 19.3 Å². The lowest BCUT2D eigenvalue weighted by molar-refractivity contribution is 0.0262. The fourth-order valence-corrected chi connectivity index (χ4v) is 2.44. The highest BCUT2D eigenvalue weighted by molar-refractivity contribution is 5.13. The molecular weight excluding hydrogens is 238 g/mol. The first-order valence-corrected chi connectivity index (χ1v) is 7.18. The van der Waals surface area contributed by atoms with Crippen LogP contribution in [0.25, 0.3) is 0 Å². The van der Waals surface area contributed by atoms with Crippen LogP contribution < -0.4 is 5.32 Å². The third kappa shape index (κ3) is 4.94. The standard InChI is InChI=1S/C16H25NO2/c1-16(8-5-9-16)13-17-10-15(18)12-19-11-14-6-3-2-4-7-14/h2-4,6-7,15,17-18H,5,8-13H2,1H3. The van der Waals surface area contributed by atoms with E-state index in [4.69, 9.17) is 4.74 Å². The van der Waals surface area contributed by atoms with E-state index in [0.29, 0.717) is 25.2 Å². The zero-order valence-corrected chi connectivity index (χ0v) is 11.8. The SMILES string of the molecule is CC1(CNCC(O)COCc2ccccc2)CCC1. The summed E-state index contributed by atoms with van der Waals surface area (Å²) in [5.74, 6) is 0. The summed E-state index contributed by atoms with van der Waals surface area (Å²) in [5, 5.41) is 13.2. The van der Waals surface area contributed by atoms with Gasteiger partial charge in [0.2, 0.25) is 0 Å². The minimum atomic E-state index is -0.424.